The molecule has 2 aromatic rings. The van der Waals surface area contributed by atoms with E-state index in [4.69, 9.17) is 26.4 Å². The summed E-state index contributed by atoms with van der Waals surface area (Å²) in [7, 11) is 4.09. The Hall–Kier alpha value is -3.13. The largest absolute Gasteiger partial charge is 0.495 e. The average Bonchev–Trinajstić information content (AvgIpc) is 2.66. The first-order chi connectivity index (χ1) is 12.9. The van der Waals surface area contributed by atoms with E-state index in [9.17, 15) is 9.59 Å². The van der Waals surface area contributed by atoms with E-state index in [1.54, 1.807) is 7.11 Å². The molecule has 2 N–H and O–H groups in total. The van der Waals surface area contributed by atoms with Crippen LogP contribution in [-0.2, 0) is 9.47 Å². The minimum absolute atomic E-state index is 0.193. The van der Waals surface area contributed by atoms with Crippen LogP contribution in [0.25, 0.3) is 0 Å². The van der Waals surface area contributed by atoms with Crippen molar-refractivity contribution in [2.45, 2.75) is 6.92 Å². The summed E-state index contributed by atoms with van der Waals surface area (Å²) in [6.45, 7) is 1.95. The number of methoxy groups -OCH3 is 3. The van der Waals surface area contributed by atoms with Crippen molar-refractivity contribution >= 4 is 40.6 Å². The predicted octanol–water partition coefficient (Wildman–Crippen LogP) is 3.39. The Kier molecular flexibility index (Phi) is 6.73. The van der Waals surface area contributed by atoms with Crippen LogP contribution in [0.2, 0.25) is 0 Å². The molecule has 0 fully saturated rings. The lowest BCUT2D eigenvalue weighted by atomic mass is 10.1. The second kappa shape index (κ2) is 9.00. The molecular formula is C19H20N2O5S. The Balaban J connectivity index is 2.27. The molecular weight excluding hydrogens is 368 g/mol. The van der Waals surface area contributed by atoms with Crippen molar-refractivity contribution < 1.29 is 23.8 Å². The standard InChI is InChI=1S/C19H20N2O5S/c1-11-5-6-16(24-2)15(7-11)21-19(27)20-14-9-12(17(22)25-3)8-13(10-14)18(23)26-4/h5-10H,1-4H3,(H2,20,21,27). The van der Waals surface area contributed by atoms with Gasteiger partial charge in [0, 0.05) is 5.69 Å². The summed E-state index contributed by atoms with van der Waals surface area (Å²) in [6.07, 6.45) is 0. The second-order valence-electron chi connectivity index (χ2n) is 5.57. The highest BCUT2D eigenvalue weighted by atomic mass is 32.1. The minimum atomic E-state index is -0.581. The van der Waals surface area contributed by atoms with Crippen LogP contribution in [0.1, 0.15) is 26.3 Å². The normalized spacial score (nSPS) is 9.93. The average molecular weight is 388 g/mol. The first kappa shape index (κ1) is 20.2. The van der Waals surface area contributed by atoms with Gasteiger partial charge in [-0.25, -0.2) is 9.59 Å². The Morgan fingerprint density at radius 1 is 0.889 bits per heavy atom. The molecule has 0 atom stereocenters. The van der Waals surface area contributed by atoms with Gasteiger partial charge < -0.3 is 24.8 Å². The molecule has 0 amide bonds. The highest BCUT2D eigenvalue weighted by Crippen LogP contribution is 2.25. The van der Waals surface area contributed by atoms with E-state index in [1.807, 2.05) is 25.1 Å². The number of hydrogen-bond donors (Lipinski definition) is 2. The number of thiocarbonyl (C=S) groups is 1. The lowest BCUT2D eigenvalue weighted by Gasteiger charge is -2.15. The zero-order valence-corrected chi connectivity index (χ0v) is 16.2. The van der Waals surface area contributed by atoms with Crippen molar-refractivity contribution in [1.29, 1.82) is 0 Å². The topological polar surface area (TPSA) is 85.9 Å². The van der Waals surface area contributed by atoms with Gasteiger partial charge in [-0.3, -0.25) is 0 Å². The Morgan fingerprint density at radius 3 is 2.00 bits per heavy atom. The van der Waals surface area contributed by atoms with Gasteiger partial charge in [0.2, 0.25) is 0 Å². The number of aryl methyl sites for hydroxylation is 1. The Morgan fingerprint density at radius 2 is 1.48 bits per heavy atom. The number of hydrogen-bond acceptors (Lipinski definition) is 6. The SMILES string of the molecule is COC(=O)c1cc(NC(=S)Nc2cc(C)ccc2OC)cc(C(=O)OC)c1. The number of carbonyl (C=O) groups excluding carboxylic acids is 2. The maximum Gasteiger partial charge on any atom is 0.337 e. The quantitative estimate of drug-likeness (QED) is 0.596. The molecule has 0 aromatic heterocycles. The van der Waals surface area contributed by atoms with Crippen LogP contribution in [0.5, 0.6) is 5.75 Å². The van der Waals surface area contributed by atoms with E-state index in [0.29, 0.717) is 17.1 Å². The molecule has 0 aliphatic heterocycles. The molecule has 7 nitrogen and oxygen atoms in total. The van der Waals surface area contributed by atoms with Crippen LogP contribution in [0.4, 0.5) is 11.4 Å². The lowest BCUT2D eigenvalue weighted by Crippen LogP contribution is -2.20. The van der Waals surface area contributed by atoms with Gasteiger partial charge in [-0.15, -0.1) is 0 Å². The van der Waals surface area contributed by atoms with Crippen LogP contribution >= 0.6 is 12.2 Å². The van der Waals surface area contributed by atoms with E-state index in [1.165, 1.54) is 32.4 Å². The van der Waals surface area contributed by atoms with E-state index >= 15 is 0 Å². The van der Waals surface area contributed by atoms with E-state index in [2.05, 4.69) is 10.6 Å². The molecule has 0 spiro atoms. The van der Waals surface area contributed by atoms with Crippen molar-refractivity contribution in [2.75, 3.05) is 32.0 Å². The fourth-order valence-corrected chi connectivity index (χ4v) is 2.60. The highest BCUT2D eigenvalue weighted by Gasteiger charge is 2.15. The molecule has 27 heavy (non-hydrogen) atoms. The number of benzene rings is 2. The summed E-state index contributed by atoms with van der Waals surface area (Å²) in [5.74, 6) is -0.533. The zero-order valence-electron chi connectivity index (χ0n) is 15.4. The maximum absolute atomic E-state index is 11.9. The number of ether oxygens (including phenoxy) is 3. The maximum atomic E-state index is 11.9. The van der Waals surface area contributed by atoms with Gasteiger partial charge in [0.15, 0.2) is 5.11 Å². The van der Waals surface area contributed by atoms with Gasteiger partial charge in [-0.1, -0.05) is 6.07 Å². The number of carbonyl (C=O) groups is 2. The molecule has 0 aliphatic rings. The van der Waals surface area contributed by atoms with Gasteiger partial charge in [-0.05, 0) is 55.0 Å². The third-order valence-electron chi connectivity index (χ3n) is 3.64. The highest BCUT2D eigenvalue weighted by molar-refractivity contribution is 7.80. The number of esters is 2. The lowest BCUT2D eigenvalue weighted by molar-refractivity contribution is 0.0599. The summed E-state index contributed by atoms with van der Waals surface area (Å²) < 4.78 is 14.7. The fourth-order valence-electron chi connectivity index (χ4n) is 2.38. The van der Waals surface area contributed by atoms with E-state index < -0.39 is 11.9 Å². The molecule has 2 aromatic carbocycles. The monoisotopic (exact) mass is 388 g/mol. The molecule has 0 heterocycles. The van der Waals surface area contributed by atoms with E-state index in [0.717, 1.165) is 5.56 Å². The van der Waals surface area contributed by atoms with Crippen LogP contribution in [0.15, 0.2) is 36.4 Å². The van der Waals surface area contributed by atoms with Crippen LogP contribution in [0, 0.1) is 6.92 Å². The Bertz CT molecular complexity index is 848. The van der Waals surface area contributed by atoms with Crippen molar-refractivity contribution in [3.63, 3.8) is 0 Å². The zero-order chi connectivity index (χ0) is 20.0. The Labute approximate surface area is 162 Å². The summed E-state index contributed by atoms with van der Waals surface area (Å²) in [5.41, 5.74) is 2.54. The summed E-state index contributed by atoms with van der Waals surface area (Å²) in [6, 6.07) is 10.1. The summed E-state index contributed by atoms with van der Waals surface area (Å²) >= 11 is 5.33. The third-order valence-corrected chi connectivity index (χ3v) is 3.84. The van der Waals surface area contributed by atoms with Gasteiger partial charge in [0.25, 0.3) is 0 Å². The molecule has 0 saturated heterocycles. The van der Waals surface area contributed by atoms with Crippen molar-refractivity contribution in [2.24, 2.45) is 0 Å². The molecule has 8 heteroatoms. The molecule has 0 saturated carbocycles. The van der Waals surface area contributed by atoms with Crippen LogP contribution < -0.4 is 15.4 Å². The van der Waals surface area contributed by atoms with Gasteiger partial charge in [0.05, 0.1) is 38.1 Å². The number of anilines is 2. The third kappa shape index (κ3) is 5.18. The van der Waals surface area contributed by atoms with Crippen molar-refractivity contribution in [3.05, 3.63) is 53.1 Å². The van der Waals surface area contributed by atoms with Gasteiger partial charge >= 0.3 is 11.9 Å². The van der Waals surface area contributed by atoms with Gasteiger partial charge in [-0.2, -0.15) is 0 Å². The summed E-state index contributed by atoms with van der Waals surface area (Å²) in [4.78, 5) is 23.7. The molecule has 0 unspecified atom stereocenters. The molecule has 0 aliphatic carbocycles. The predicted molar refractivity (Wildman–Crippen MR) is 107 cm³/mol. The first-order valence-electron chi connectivity index (χ1n) is 7.92. The number of nitrogens with one attached hydrogen (secondary N) is 2. The smallest absolute Gasteiger partial charge is 0.337 e. The van der Waals surface area contributed by atoms with Crippen LogP contribution in [0.3, 0.4) is 0 Å². The van der Waals surface area contributed by atoms with Crippen molar-refractivity contribution in [1.82, 2.24) is 0 Å². The number of rotatable bonds is 5. The van der Waals surface area contributed by atoms with Crippen molar-refractivity contribution in [3.8, 4) is 5.75 Å². The second-order valence-corrected chi connectivity index (χ2v) is 5.97. The molecule has 0 bridgehead atoms. The molecule has 2 rings (SSSR count). The molecule has 142 valence electrons. The minimum Gasteiger partial charge on any atom is -0.495 e. The fraction of sp³-hybridized carbons (Fsp3) is 0.211. The van der Waals surface area contributed by atoms with Crippen LogP contribution in [-0.4, -0.2) is 38.4 Å². The first-order valence-corrected chi connectivity index (χ1v) is 8.33. The molecule has 0 radical (unpaired) electrons. The summed E-state index contributed by atoms with van der Waals surface area (Å²) in [5, 5.41) is 6.25. The van der Waals surface area contributed by atoms with E-state index in [-0.39, 0.29) is 16.2 Å². The van der Waals surface area contributed by atoms with Gasteiger partial charge in [0.1, 0.15) is 5.75 Å².